The summed E-state index contributed by atoms with van der Waals surface area (Å²) in [7, 11) is 3.51. The molecule has 0 spiro atoms. The molecule has 1 aromatic carbocycles. The number of aromatic nitrogens is 2. The van der Waals surface area contributed by atoms with Crippen LogP contribution in [0.1, 0.15) is 20.8 Å². The smallest absolute Gasteiger partial charge is 0.414 e. The number of carbonyl (C=O) groups is 1. The quantitative estimate of drug-likeness (QED) is 0.944. The SMILES string of the molecule is CN(/C=C/N(C)c1nc2ccccc2[nH]1)C(=O)OC(C)(C)C. The summed E-state index contributed by atoms with van der Waals surface area (Å²) in [4.78, 5) is 22.8. The molecule has 1 N–H and O–H groups in total. The maximum Gasteiger partial charge on any atom is 0.414 e. The average Bonchev–Trinajstić information content (AvgIpc) is 2.86. The van der Waals surface area contributed by atoms with E-state index in [-0.39, 0.29) is 0 Å². The molecule has 118 valence electrons. The molecule has 0 aliphatic carbocycles. The van der Waals surface area contributed by atoms with Crippen molar-refractivity contribution in [1.82, 2.24) is 14.9 Å². The van der Waals surface area contributed by atoms with Crippen LogP contribution in [-0.4, -0.2) is 40.7 Å². The molecule has 1 amide bonds. The third-order valence-corrected chi connectivity index (χ3v) is 2.91. The van der Waals surface area contributed by atoms with Gasteiger partial charge in [-0.1, -0.05) is 12.1 Å². The number of anilines is 1. The largest absolute Gasteiger partial charge is 0.443 e. The van der Waals surface area contributed by atoms with Gasteiger partial charge < -0.3 is 14.6 Å². The van der Waals surface area contributed by atoms with Crippen LogP contribution in [0.15, 0.2) is 36.7 Å². The van der Waals surface area contributed by atoms with Crippen LogP contribution >= 0.6 is 0 Å². The molecule has 1 aromatic heterocycles. The van der Waals surface area contributed by atoms with Gasteiger partial charge in [-0.05, 0) is 32.9 Å². The van der Waals surface area contributed by atoms with Crippen molar-refractivity contribution in [2.75, 3.05) is 19.0 Å². The van der Waals surface area contributed by atoms with Gasteiger partial charge in [-0.25, -0.2) is 9.78 Å². The highest BCUT2D eigenvalue weighted by molar-refractivity contribution is 5.77. The van der Waals surface area contributed by atoms with Crippen LogP contribution in [0.4, 0.5) is 10.7 Å². The van der Waals surface area contributed by atoms with E-state index in [0.717, 1.165) is 11.0 Å². The Balaban J connectivity index is 2.04. The molecule has 1 heterocycles. The third kappa shape index (κ3) is 4.00. The van der Waals surface area contributed by atoms with E-state index >= 15 is 0 Å². The summed E-state index contributed by atoms with van der Waals surface area (Å²) in [6.07, 6.45) is 2.99. The van der Waals surface area contributed by atoms with Crippen molar-refractivity contribution >= 4 is 23.1 Å². The monoisotopic (exact) mass is 302 g/mol. The number of ether oxygens (including phenoxy) is 1. The van der Waals surface area contributed by atoms with Gasteiger partial charge in [0.25, 0.3) is 0 Å². The first-order valence-corrected chi connectivity index (χ1v) is 7.08. The van der Waals surface area contributed by atoms with Crippen LogP contribution in [0.3, 0.4) is 0 Å². The number of rotatable bonds is 3. The Hall–Kier alpha value is -2.50. The van der Waals surface area contributed by atoms with E-state index in [0.29, 0.717) is 5.95 Å². The predicted molar refractivity (Wildman–Crippen MR) is 87.6 cm³/mol. The number of hydrogen-bond acceptors (Lipinski definition) is 4. The zero-order valence-corrected chi connectivity index (χ0v) is 13.6. The Morgan fingerprint density at radius 1 is 1.23 bits per heavy atom. The lowest BCUT2D eigenvalue weighted by molar-refractivity contribution is 0.0372. The Morgan fingerprint density at radius 2 is 1.91 bits per heavy atom. The molecule has 2 aromatic rings. The van der Waals surface area contributed by atoms with Gasteiger partial charge in [-0.3, -0.25) is 4.90 Å². The first-order valence-electron chi connectivity index (χ1n) is 7.08. The number of amides is 1. The topological polar surface area (TPSA) is 61.5 Å². The molecule has 2 rings (SSSR count). The van der Waals surface area contributed by atoms with E-state index < -0.39 is 11.7 Å². The van der Waals surface area contributed by atoms with Crippen LogP contribution in [0.5, 0.6) is 0 Å². The zero-order valence-electron chi connectivity index (χ0n) is 13.6. The second-order valence-corrected chi connectivity index (χ2v) is 6.08. The summed E-state index contributed by atoms with van der Waals surface area (Å²) in [6.45, 7) is 5.51. The second kappa shape index (κ2) is 6.09. The number of fused-ring (bicyclic) bond motifs is 1. The normalized spacial score (nSPS) is 11.9. The molecule has 0 saturated carbocycles. The van der Waals surface area contributed by atoms with Crippen LogP contribution < -0.4 is 4.90 Å². The van der Waals surface area contributed by atoms with Crippen molar-refractivity contribution in [3.05, 3.63) is 36.7 Å². The van der Waals surface area contributed by atoms with Crippen LogP contribution in [0.25, 0.3) is 11.0 Å². The lowest BCUT2D eigenvalue weighted by Gasteiger charge is -2.23. The molecule has 0 saturated heterocycles. The minimum atomic E-state index is -0.510. The van der Waals surface area contributed by atoms with Gasteiger partial charge in [0.2, 0.25) is 5.95 Å². The number of benzene rings is 1. The fraction of sp³-hybridized carbons (Fsp3) is 0.375. The molecule has 22 heavy (non-hydrogen) atoms. The van der Waals surface area contributed by atoms with Gasteiger partial charge in [0.05, 0.1) is 11.0 Å². The number of aromatic amines is 1. The zero-order chi connectivity index (χ0) is 16.3. The van der Waals surface area contributed by atoms with Gasteiger partial charge in [-0.15, -0.1) is 0 Å². The molecule has 6 nitrogen and oxygen atoms in total. The average molecular weight is 302 g/mol. The molecular formula is C16H22N4O2. The summed E-state index contributed by atoms with van der Waals surface area (Å²) in [5, 5.41) is 0. The molecule has 0 radical (unpaired) electrons. The van der Waals surface area contributed by atoms with E-state index in [1.807, 2.05) is 52.1 Å². The van der Waals surface area contributed by atoms with Crippen LogP contribution in [0.2, 0.25) is 0 Å². The van der Waals surface area contributed by atoms with E-state index in [1.54, 1.807) is 24.3 Å². The summed E-state index contributed by atoms with van der Waals surface area (Å²) < 4.78 is 5.28. The van der Waals surface area contributed by atoms with Gasteiger partial charge in [0, 0.05) is 26.5 Å². The Labute approximate surface area is 130 Å². The Morgan fingerprint density at radius 3 is 2.55 bits per heavy atom. The number of para-hydroxylation sites is 2. The number of nitrogens with zero attached hydrogens (tertiary/aromatic N) is 3. The minimum Gasteiger partial charge on any atom is -0.443 e. The summed E-state index contributed by atoms with van der Waals surface area (Å²) in [6, 6.07) is 7.81. The van der Waals surface area contributed by atoms with E-state index in [4.69, 9.17) is 4.74 Å². The third-order valence-electron chi connectivity index (χ3n) is 2.91. The highest BCUT2D eigenvalue weighted by Crippen LogP contribution is 2.16. The fourth-order valence-corrected chi connectivity index (χ4v) is 1.77. The number of carbonyl (C=O) groups excluding carboxylic acids is 1. The second-order valence-electron chi connectivity index (χ2n) is 6.08. The number of H-pyrrole nitrogens is 1. The maximum absolute atomic E-state index is 11.9. The van der Waals surface area contributed by atoms with Gasteiger partial charge in [0.15, 0.2) is 0 Å². The van der Waals surface area contributed by atoms with Crippen molar-refractivity contribution in [2.24, 2.45) is 0 Å². The summed E-state index contributed by atoms with van der Waals surface area (Å²) >= 11 is 0. The van der Waals surface area contributed by atoms with Crippen molar-refractivity contribution in [1.29, 1.82) is 0 Å². The van der Waals surface area contributed by atoms with Gasteiger partial charge in [-0.2, -0.15) is 0 Å². The van der Waals surface area contributed by atoms with Crippen molar-refractivity contribution in [3.8, 4) is 0 Å². The lowest BCUT2D eigenvalue weighted by Crippen LogP contribution is -2.31. The highest BCUT2D eigenvalue weighted by atomic mass is 16.6. The molecule has 0 bridgehead atoms. The lowest BCUT2D eigenvalue weighted by atomic mass is 10.2. The summed E-state index contributed by atoms with van der Waals surface area (Å²) in [5.74, 6) is 0.704. The van der Waals surface area contributed by atoms with Crippen molar-refractivity contribution in [3.63, 3.8) is 0 Å². The Kier molecular flexibility index (Phi) is 4.40. The molecule has 0 fully saturated rings. The van der Waals surface area contributed by atoms with E-state index in [9.17, 15) is 4.79 Å². The Bertz CT molecular complexity index is 652. The van der Waals surface area contributed by atoms with Gasteiger partial charge >= 0.3 is 6.09 Å². The first kappa shape index (κ1) is 15.9. The molecular weight excluding hydrogens is 280 g/mol. The first-order chi connectivity index (χ1) is 10.3. The highest BCUT2D eigenvalue weighted by Gasteiger charge is 2.18. The fourth-order valence-electron chi connectivity index (χ4n) is 1.77. The molecule has 0 aliphatic rings. The predicted octanol–water partition coefficient (Wildman–Crippen LogP) is 3.34. The molecule has 0 unspecified atom stereocenters. The van der Waals surface area contributed by atoms with Crippen LogP contribution in [-0.2, 0) is 4.74 Å². The molecule has 6 heteroatoms. The van der Waals surface area contributed by atoms with Gasteiger partial charge in [0.1, 0.15) is 5.60 Å². The summed E-state index contributed by atoms with van der Waals surface area (Å²) in [5.41, 5.74) is 1.36. The number of nitrogens with one attached hydrogen (secondary N) is 1. The van der Waals surface area contributed by atoms with E-state index in [1.165, 1.54) is 4.90 Å². The van der Waals surface area contributed by atoms with Crippen molar-refractivity contribution < 1.29 is 9.53 Å². The standard InChI is InChI=1S/C16H22N4O2/c1-16(2,3)22-15(21)20(5)11-10-19(4)14-17-12-8-6-7-9-13(12)18-14/h6-11H,1-5H3,(H,17,18)/b11-10+. The maximum atomic E-state index is 11.9. The molecule has 0 aliphatic heterocycles. The number of imidazole rings is 1. The van der Waals surface area contributed by atoms with Crippen molar-refractivity contribution in [2.45, 2.75) is 26.4 Å². The van der Waals surface area contributed by atoms with E-state index in [2.05, 4.69) is 9.97 Å². The van der Waals surface area contributed by atoms with Crippen LogP contribution in [0, 0.1) is 0 Å². The number of hydrogen-bond donors (Lipinski definition) is 1. The molecule has 0 atom stereocenters. The minimum absolute atomic E-state index is 0.401.